The van der Waals surface area contributed by atoms with E-state index in [4.69, 9.17) is 5.11 Å². The molecule has 0 heterocycles. The molecule has 0 aliphatic rings. The maximum Gasteiger partial charge on any atom is 0.178 e. The number of aryl methyl sites for hydroxylation is 1. The highest BCUT2D eigenvalue weighted by molar-refractivity contribution is 7.91. The first-order chi connectivity index (χ1) is 9.62. The summed E-state index contributed by atoms with van der Waals surface area (Å²) in [6, 6.07) is 16.2. The van der Waals surface area contributed by atoms with Gasteiger partial charge in [0.25, 0.3) is 0 Å². The van der Waals surface area contributed by atoms with E-state index in [0.717, 1.165) is 11.1 Å². The van der Waals surface area contributed by atoms with E-state index in [9.17, 15) is 8.42 Å². The molecule has 0 atom stereocenters. The van der Waals surface area contributed by atoms with E-state index in [1.54, 1.807) is 30.3 Å². The van der Waals surface area contributed by atoms with Gasteiger partial charge in [-0.2, -0.15) is 0 Å². The molecule has 0 aliphatic carbocycles. The standard InChI is InChI=1S/C16H18O3S/c17-12-10-14-6-8-15(9-7-14)11-13-20(18,19)16-4-2-1-3-5-16/h1-9,17H,10-13H2. The summed E-state index contributed by atoms with van der Waals surface area (Å²) in [7, 11) is -3.22. The van der Waals surface area contributed by atoms with Crippen LogP contribution in [0.2, 0.25) is 0 Å². The van der Waals surface area contributed by atoms with Crippen LogP contribution in [0.5, 0.6) is 0 Å². The molecule has 3 nitrogen and oxygen atoms in total. The molecule has 0 aliphatic heterocycles. The fraction of sp³-hybridized carbons (Fsp3) is 0.250. The van der Waals surface area contributed by atoms with Crippen LogP contribution >= 0.6 is 0 Å². The maximum atomic E-state index is 12.1. The summed E-state index contributed by atoms with van der Waals surface area (Å²) in [5.41, 5.74) is 2.05. The summed E-state index contributed by atoms with van der Waals surface area (Å²) in [6.45, 7) is 0.127. The Morgan fingerprint density at radius 2 is 1.35 bits per heavy atom. The Balaban J connectivity index is 2.01. The zero-order valence-electron chi connectivity index (χ0n) is 11.2. The zero-order valence-corrected chi connectivity index (χ0v) is 12.0. The van der Waals surface area contributed by atoms with Crippen LogP contribution in [-0.4, -0.2) is 25.9 Å². The quantitative estimate of drug-likeness (QED) is 0.887. The Morgan fingerprint density at radius 3 is 1.90 bits per heavy atom. The lowest BCUT2D eigenvalue weighted by Gasteiger charge is -2.05. The molecule has 20 heavy (non-hydrogen) atoms. The van der Waals surface area contributed by atoms with Crippen molar-refractivity contribution in [3.05, 3.63) is 65.7 Å². The van der Waals surface area contributed by atoms with Crippen molar-refractivity contribution in [1.82, 2.24) is 0 Å². The van der Waals surface area contributed by atoms with Crippen LogP contribution in [0.3, 0.4) is 0 Å². The van der Waals surface area contributed by atoms with Crippen LogP contribution in [-0.2, 0) is 22.7 Å². The highest BCUT2D eigenvalue weighted by Gasteiger charge is 2.13. The summed E-state index contributed by atoms with van der Waals surface area (Å²) in [4.78, 5) is 0.372. The van der Waals surface area contributed by atoms with Crippen LogP contribution in [0, 0.1) is 0 Å². The van der Waals surface area contributed by atoms with Gasteiger partial charge in [-0.25, -0.2) is 8.42 Å². The maximum absolute atomic E-state index is 12.1. The second kappa shape index (κ2) is 6.68. The van der Waals surface area contributed by atoms with Gasteiger partial charge in [-0.05, 0) is 36.1 Å². The molecule has 2 rings (SSSR count). The molecule has 0 saturated heterocycles. The lowest BCUT2D eigenvalue weighted by atomic mass is 10.1. The van der Waals surface area contributed by atoms with Gasteiger partial charge in [0, 0.05) is 6.61 Å². The fourth-order valence-corrected chi connectivity index (χ4v) is 3.31. The number of hydrogen-bond donors (Lipinski definition) is 1. The van der Waals surface area contributed by atoms with Crippen LogP contribution in [0.15, 0.2) is 59.5 Å². The minimum absolute atomic E-state index is 0.107. The van der Waals surface area contributed by atoms with Crippen molar-refractivity contribution in [2.24, 2.45) is 0 Å². The highest BCUT2D eigenvalue weighted by atomic mass is 32.2. The van der Waals surface area contributed by atoms with E-state index in [2.05, 4.69) is 0 Å². The van der Waals surface area contributed by atoms with Gasteiger partial charge >= 0.3 is 0 Å². The number of aliphatic hydroxyl groups is 1. The molecule has 0 unspecified atom stereocenters. The number of sulfone groups is 1. The molecule has 0 aromatic heterocycles. The van der Waals surface area contributed by atoms with Crippen LogP contribution in [0.4, 0.5) is 0 Å². The van der Waals surface area contributed by atoms with Crippen molar-refractivity contribution in [3.8, 4) is 0 Å². The van der Waals surface area contributed by atoms with Gasteiger partial charge in [-0.3, -0.25) is 0 Å². The Hall–Kier alpha value is -1.65. The molecule has 0 radical (unpaired) electrons. The zero-order chi connectivity index (χ0) is 14.4. The van der Waals surface area contributed by atoms with Gasteiger partial charge in [-0.1, -0.05) is 42.5 Å². The molecule has 0 spiro atoms. The first kappa shape index (κ1) is 14.8. The molecule has 0 saturated carbocycles. The SMILES string of the molecule is O=S(=O)(CCc1ccc(CCO)cc1)c1ccccc1. The average molecular weight is 290 g/mol. The molecule has 4 heteroatoms. The summed E-state index contributed by atoms with van der Waals surface area (Å²) in [5.74, 6) is 0.107. The molecule has 0 bridgehead atoms. The molecular formula is C16H18O3S. The minimum atomic E-state index is -3.22. The number of benzene rings is 2. The van der Waals surface area contributed by atoms with Crippen LogP contribution < -0.4 is 0 Å². The van der Waals surface area contributed by atoms with Gasteiger partial charge in [0.15, 0.2) is 9.84 Å². The topological polar surface area (TPSA) is 54.4 Å². The molecule has 0 fully saturated rings. The molecule has 2 aromatic carbocycles. The molecule has 2 aromatic rings. The predicted octanol–water partition coefficient (Wildman–Crippen LogP) is 2.24. The average Bonchev–Trinajstić information content (AvgIpc) is 2.48. The van der Waals surface area contributed by atoms with E-state index < -0.39 is 9.84 Å². The van der Waals surface area contributed by atoms with Crippen molar-refractivity contribution in [2.45, 2.75) is 17.7 Å². The Labute approximate surface area is 119 Å². The second-order valence-corrected chi connectivity index (χ2v) is 6.78. The Bertz CT molecular complexity index is 631. The van der Waals surface area contributed by atoms with Crippen molar-refractivity contribution in [3.63, 3.8) is 0 Å². The van der Waals surface area contributed by atoms with E-state index in [1.807, 2.05) is 24.3 Å². The third-order valence-corrected chi connectivity index (χ3v) is 4.92. The minimum Gasteiger partial charge on any atom is -0.396 e. The fourth-order valence-electron chi connectivity index (χ4n) is 2.00. The molecular weight excluding hydrogens is 272 g/mol. The summed E-state index contributed by atoms with van der Waals surface area (Å²) in [5, 5.41) is 8.85. The number of aliphatic hydroxyl groups excluding tert-OH is 1. The van der Waals surface area contributed by atoms with Crippen molar-refractivity contribution >= 4 is 9.84 Å². The number of hydrogen-bond acceptors (Lipinski definition) is 3. The van der Waals surface area contributed by atoms with E-state index in [0.29, 0.717) is 17.7 Å². The van der Waals surface area contributed by atoms with Crippen molar-refractivity contribution < 1.29 is 13.5 Å². The van der Waals surface area contributed by atoms with Gasteiger partial charge in [0.1, 0.15) is 0 Å². The normalized spacial score (nSPS) is 11.4. The van der Waals surface area contributed by atoms with Crippen LogP contribution in [0.1, 0.15) is 11.1 Å². The largest absolute Gasteiger partial charge is 0.396 e. The lowest BCUT2D eigenvalue weighted by Crippen LogP contribution is -2.09. The number of rotatable bonds is 6. The predicted molar refractivity (Wildman–Crippen MR) is 79.4 cm³/mol. The van der Waals surface area contributed by atoms with Crippen molar-refractivity contribution in [1.29, 1.82) is 0 Å². The molecule has 1 N–H and O–H groups in total. The molecule has 0 amide bonds. The van der Waals surface area contributed by atoms with E-state index in [1.165, 1.54) is 0 Å². The summed E-state index contributed by atoms with van der Waals surface area (Å²) < 4.78 is 24.3. The highest BCUT2D eigenvalue weighted by Crippen LogP contribution is 2.13. The summed E-state index contributed by atoms with van der Waals surface area (Å²) in [6.07, 6.45) is 1.12. The van der Waals surface area contributed by atoms with E-state index in [-0.39, 0.29) is 12.4 Å². The van der Waals surface area contributed by atoms with E-state index >= 15 is 0 Å². The third kappa shape index (κ3) is 3.92. The third-order valence-electron chi connectivity index (χ3n) is 3.19. The van der Waals surface area contributed by atoms with Gasteiger partial charge in [0.2, 0.25) is 0 Å². The monoisotopic (exact) mass is 290 g/mol. The summed E-state index contributed by atoms with van der Waals surface area (Å²) >= 11 is 0. The smallest absolute Gasteiger partial charge is 0.178 e. The van der Waals surface area contributed by atoms with Crippen molar-refractivity contribution in [2.75, 3.05) is 12.4 Å². The molecule has 106 valence electrons. The van der Waals surface area contributed by atoms with Gasteiger partial charge < -0.3 is 5.11 Å². The van der Waals surface area contributed by atoms with Gasteiger partial charge in [-0.15, -0.1) is 0 Å². The second-order valence-electron chi connectivity index (χ2n) is 4.67. The Morgan fingerprint density at radius 1 is 0.800 bits per heavy atom. The lowest BCUT2D eigenvalue weighted by molar-refractivity contribution is 0.299. The van der Waals surface area contributed by atoms with Crippen LogP contribution in [0.25, 0.3) is 0 Å². The van der Waals surface area contributed by atoms with Gasteiger partial charge in [0.05, 0.1) is 10.6 Å². The Kier molecular flexibility index (Phi) is 4.93. The first-order valence-electron chi connectivity index (χ1n) is 6.58. The first-order valence-corrected chi connectivity index (χ1v) is 8.23.